The van der Waals surface area contributed by atoms with Crippen molar-refractivity contribution in [2.75, 3.05) is 12.8 Å². The fraction of sp³-hybridized carbons (Fsp3) is 0.500. The fourth-order valence-corrected chi connectivity index (χ4v) is 1.70. The van der Waals surface area contributed by atoms with Gasteiger partial charge in [-0.1, -0.05) is 12.1 Å². The number of phenolic OH excluding ortho intramolecular Hbond substituents is 1. The third-order valence-electron chi connectivity index (χ3n) is 2.97. The summed E-state index contributed by atoms with van der Waals surface area (Å²) in [5.41, 5.74) is 6.81. The van der Waals surface area contributed by atoms with E-state index >= 15 is 0 Å². The Morgan fingerprint density at radius 3 is 2.53 bits per heavy atom. The molecule has 0 aliphatic rings. The number of nitrogens with two attached hydrogens (primary N) is 1. The average Bonchev–Trinajstić information content (AvgIpc) is 2.38. The van der Waals surface area contributed by atoms with E-state index in [-0.39, 0.29) is 16.4 Å². The van der Waals surface area contributed by atoms with Crippen LogP contribution in [-0.4, -0.2) is 34.6 Å². The van der Waals surface area contributed by atoms with Gasteiger partial charge < -0.3 is 16.2 Å². The Hall–Kier alpha value is -1.20. The summed E-state index contributed by atoms with van der Waals surface area (Å²) < 4.78 is 0.00785. The van der Waals surface area contributed by atoms with Crippen LogP contribution in [-0.2, 0) is 11.2 Å². The number of benzene rings is 1. The maximum atomic E-state index is 11.9. The van der Waals surface area contributed by atoms with Crippen molar-refractivity contribution in [2.45, 2.75) is 31.1 Å². The molecule has 5 heteroatoms. The van der Waals surface area contributed by atoms with Crippen LogP contribution in [0.1, 0.15) is 19.4 Å². The Morgan fingerprint density at radius 2 is 2.00 bits per heavy atom. The van der Waals surface area contributed by atoms with Gasteiger partial charge in [-0.05, 0) is 44.2 Å². The summed E-state index contributed by atoms with van der Waals surface area (Å²) in [6, 6.07) is 6.16. The minimum absolute atomic E-state index is 0.00785. The van der Waals surface area contributed by atoms with E-state index < -0.39 is 6.04 Å². The molecule has 0 saturated heterocycles. The van der Waals surface area contributed by atoms with E-state index in [1.807, 2.05) is 6.26 Å². The van der Waals surface area contributed by atoms with Crippen molar-refractivity contribution in [3.05, 3.63) is 29.8 Å². The molecule has 0 radical (unpaired) electrons. The second-order valence-corrected chi connectivity index (χ2v) is 6.67. The highest BCUT2D eigenvalue weighted by molar-refractivity contribution is 7.99. The Bertz CT molecular complexity index is 418. The molecule has 0 spiro atoms. The lowest BCUT2D eigenvalue weighted by Gasteiger charge is -2.23. The molecule has 1 rings (SSSR count). The minimum Gasteiger partial charge on any atom is -0.508 e. The predicted octanol–water partition coefficient (Wildman–Crippen LogP) is 1.52. The number of aromatic hydroxyl groups is 1. The molecular formula is C14H22N2O2S. The van der Waals surface area contributed by atoms with Crippen LogP contribution in [0, 0.1) is 0 Å². The number of hydrogen-bond donors (Lipinski definition) is 3. The van der Waals surface area contributed by atoms with Crippen molar-refractivity contribution in [1.82, 2.24) is 5.32 Å². The number of rotatable bonds is 6. The van der Waals surface area contributed by atoms with E-state index in [1.165, 1.54) is 0 Å². The van der Waals surface area contributed by atoms with Crippen LogP contribution in [0.2, 0.25) is 0 Å². The number of thioether (sulfide) groups is 1. The van der Waals surface area contributed by atoms with Gasteiger partial charge in [0.25, 0.3) is 0 Å². The van der Waals surface area contributed by atoms with Gasteiger partial charge in [0.2, 0.25) is 5.91 Å². The summed E-state index contributed by atoms with van der Waals surface area (Å²) in [5.74, 6) is 0.0682. The van der Waals surface area contributed by atoms with Crippen molar-refractivity contribution in [2.24, 2.45) is 5.73 Å². The van der Waals surface area contributed by atoms with Crippen LogP contribution >= 0.6 is 11.8 Å². The molecule has 0 heterocycles. The maximum Gasteiger partial charge on any atom is 0.237 e. The van der Waals surface area contributed by atoms with Crippen LogP contribution in [0.4, 0.5) is 0 Å². The zero-order chi connectivity index (χ0) is 14.5. The highest BCUT2D eigenvalue weighted by Crippen LogP contribution is 2.19. The van der Waals surface area contributed by atoms with E-state index in [0.29, 0.717) is 13.0 Å². The van der Waals surface area contributed by atoms with Crippen LogP contribution in [0.3, 0.4) is 0 Å². The standard InChI is InChI=1S/C14H22N2O2S/c1-14(2,19-3)9-16-13(18)12(15)8-10-4-6-11(17)7-5-10/h4-7,12,17H,8-9,15H2,1-3H3,(H,16,18)/t12-/m1/s1. The van der Waals surface area contributed by atoms with E-state index in [2.05, 4.69) is 19.2 Å². The van der Waals surface area contributed by atoms with Gasteiger partial charge in [-0.15, -0.1) is 0 Å². The van der Waals surface area contributed by atoms with E-state index in [9.17, 15) is 9.90 Å². The average molecular weight is 282 g/mol. The molecule has 0 bridgehead atoms. The smallest absolute Gasteiger partial charge is 0.237 e. The first kappa shape index (κ1) is 15.9. The number of nitrogens with one attached hydrogen (secondary N) is 1. The topological polar surface area (TPSA) is 75.4 Å². The van der Waals surface area contributed by atoms with Crippen molar-refractivity contribution >= 4 is 17.7 Å². The van der Waals surface area contributed by atoms with Gasteiger partial charge in [0.05, 0.1) is 6.04 Å². The monoisotopic (exact) mass is 282 g/mol. The van der Waals surface area contributed by atoms with Gasteiger partial charge in [-0.2, -0.15) is 11.8 Å². The third kappa shape index (κ3) is 5.53. The van der Waals surface area contributed by atoms with Gasteiger partial charge in [0.15, 0.2) is 0 Å². The number of phenols is 1. The molecule has 19 heavy (non-hydrogen) atoms. The molecule has 0 fully saturated rings. The lowest BCUT2D eigenvalue weighted by atomic mass is 10.1. The molecular weight excluding hydrogens is 260 g/mol. The maximum absolute atomic E-state index is 11.9. The van der Waals surface area contributed by atoms with Gasteiger partial charge in [0.1, 0.15) is 5.75 Å². The normalized spacial score (nSPS) is 13.1. The highest BCUT2D eigenvalue weighted by Gasteiger charge is 2.20. The summed E-state index contributed by atoms with van der Waals surface area (Å²) in [5, 5.41) is 12.1. The summed E-state index contributed by atoms with van der Waals surface area (Å²) in [7, 11) is 0. The predicted molar refractivity (Wildman–Crippen MR) is 80.4 cm³/mol. The van der Waals surface area contributed by atoms with Crippen molar-refractivity contribution in [3.8, 4) is 5.75 Å². The SMILES string of the molecule is CSC(C)(C)CNC(=O)[C@H](N)Cc1ccc(O)cc1. The summed E-state index contributed by atoms with van der Waals surface area (Å²) in [6.45, 7) is 4.74. The van der Waals surface area contributed by atoms with Crippen LogP contribution < -0.4 is 11.1 Å². The fourth-order valence-electron chi connectivity index (χ4n) is 1.48. The van der Waals surface area contributed by atoms with Gasteiger partial charge >= 0.3 is 0 Å². The molecule has 1 atom stereocenters. The first-order valence-electron chi connectivity index (χ1n) is 6.20. The Kier molecular flexibility index (Phi) is 5.69. The van der Waals surface area contributed by atoms with E-state index in [1.54, 1.807) is 36.0 Å². The number of hydrogen-bond acceptors (Lipinski definition) is 4. The zero-order valence-electron chi connectivity index (χ0n) is 11.6. The van der Waals surface area contributed by atoms with Crippen molar-refractivity contribution in [1.29, 1.82) is 0 Å². The number of carbonyl (C=O) groups excluding carboxylic acids is 1. The van der Waals surface area contributed by atoms with Crippen molar-refractivity contribution < 1.29 is 9.90 Å². The molecule has 0 unspecified atom stereocenters. The van der Waals surface area contributed by atoms with Gasteiger partial charge in [-0.25, -0.2) is 0 Å². The summed E-state index contributed by atoms with van der Waals surface area (Å²) in [6.07, 6.45) is 2.48. The van der Waals surface area contributed by atoms with E-state index in [4.69, 9.17) is 5.73 Å². The lowest BCUT2D eigenvalue weighted by Crippen LogP contribution is -2.46. The Morgan fingerprint density at radius 1 is 1.42 bits per heavy atom. The highest BCUT2D eigenvalue weighted by atomic mass is 32.2. The quantitative estimate of drug-likeness (QED) is 0.739. The molecule has 106 valence electrons. The molecule has 1 amide bonds. The number of carbonyl (C=O) groups is 1. The van der Waals surface area contributed by atoms with Crippen molar-refractivity contribution in [3.63, 3.8) is 0 Å². The van der Waals surface area contributed by atoms with Crippen LogP contribution in [0.25, 0.3) is 0 Å². The number of amides is 1. The van der Waals surface area contributed by atoms with E-state index in [0.717, 1.165) is 5.56 Å². The van der Waals surface area contributed by atoms with Gasteiger partial charge in [-0.3, -0.25) is 4.79 Å². The zero-order valence-corrected chi connectivity index (χ0v) is 12.5. The summed E-state index contributed by atoms with van der Waals surface area (Å²) >= 11 is 1.70. The molecule has 0 aliphatic heterocycles. The van der Waals surface area contributed by atoms with Gasteiger partial charge in [0, 0.05) is 11.3 Å². The first-order chi connectivity index (χ1) is 8.84. The lowest BCUT2D eigenvalue weighted by molar-refractivity contribution is -0.122. The minimum atomic E-state index is -0.567. The Balaban J connectivity index is 2.47. The molecule has 0 saturated carbocycles. The molecule has 4 N–H and O–H groups in total. The molecule has 1 aromatic carbocycles. The third-order valence-corrected chi connectivity index (χ3v) is 4.22. The van der Waals surface area contributed by atoms with Crippen LogP contribution in [0.15, 0.2) is 24.3 Å². The Labute approximate surface area is 118 Å². The largest absolute Gasteiger partial charge is 0.508 e. The molecule has 0 aromatic heterocycles. The molecule has 4 nitrogen and oxygen atoms in total. The first-order valence-corrected chi connectivity index (χ1v) is 7.43. The van der Waals surface area contributed by atoms with Crippen LogP contribution in [0.5, 0.6) is 5.75 Å². The molecule has 0 aliphatic carbocycles. The molecule has 1 aromatic rings. The second-order valence-electron chi connectivity index (χ2n) is 5.16. The second kappa shape index (κ2) is 6.82. The summed E-state index contributed by atoms with van der Waals surface area (Å²) in [4.78, 5) is 11.9.